The normalized spacial score (nSPS) is 12.5. The Balaban J connectivity index is 3.61. The van der Waals surface area contributed by atoms with E-state index < -0.39 is 5.82 Å². The van der Waals surface area contributed by atoms with Crippen LogP contribution in [0.4, 0.5) is 10.1 Å². The minimum atomic E-state index is -0.508. The van der Waals surface area contributed by atoms with Crippen LogP contribution in [0.3, 0.4) is 0 Å². The molecule has 0 heterocycles. The zero-order chi connectivity index (χ0) is 11.7. The molecule has 1 rings (SSSR count). The van der Waals surface area contributed by atoms with Crippen molar-refractivity contribution in [2.45, 2.75) is 13.8 Å². The summed E-state index contributed by atoms with van der Waals surface area (Å²) in [5.74, 6) is -0.508. The van der Waals surface area contributed by atoms with E-state index in [2.05, 4.69) is 15.9 Å². The van der Waals surface area contributed by atoms with Gasteiger partial charge in [-0.3, -0.25) is 0 Å². The molecule has 0 saturated heterocycles. The number of allylic oxidation sites excluding steroid dienone is 1. The monoisotopic (exact) mass is 273 g/mol. The summed E-state index contributed by atoms with van der Waals surface area (Å²) in [5.41, 5.74) is 18.9. The summed E-state index contributed by atoms with van der Waals surface area (Å²) in [6, 6.07) is 1.31. The second-order valence-corrected chi connectivity index (χ2v) is 4.20. The first-order valence-corrected chi connectivity index (χ1v) is 5.11. The van der Waals surface area contributed by atoms with Crippen LogP contribution in [0.25, 0.3) is 5.70 Å². The van der Waals surface area contributed by atoms with Gasteiger partial charge in [-0.1, -0.05) is 15.9 Å². The predicted molar refractivity (Wildman–Crippen MR) is 64.2 cm³/mol. The van der Waals surface area contributed by atoms with Gasteiger partial charge in [0.15, 0.2) is 0 Å². The molecule has 0 aliphatic heterocycles. The van der Waals surface area contributed by atoms with E-state index in [9.17, 15) is 4.39 Å². The lowest BCUT2D eigenvalue weighted by molar-refractivity contribution is 0.630. The Hall–Kier alpha value is -1.23. The number of nitrogen functional groups attached to an aromatic ring is 1. The Morgan fingerprint density at radius 2 is 1.93 bits per heavy atom. The predicted octanol–water partition coefficient (Wildman–Crippen LogP) is 2.08. The lowest BCUT2D eigenvalue weighted by Crippen LogP contribution is -2.11. The van der Waals surface area contributed by atoms with Crippen LogP contribution in [0, 0.1) is 12.7 Å². The summed E-state index contributed by atoms with van der Waals surface area (Å²) < 4.78 is 14.0. The molecule has 1 aromatic rings. The van der Waals surface area contributed by atoms with Gasteiger partial charge in [0, 0.05) is 15.7 Å². The smallest absolute Gasteiger partial charge is 0.147 e. The third-order valence-electron chi connectivity index (χ3n) is 2.21. The SMILES string of the molecule is C/C(N)=C(/N)c1c(C)c(Br)cc(F)c1N. The average molecular weight is 274 g/mol. The number of hydrogen-bond acceptors (Lipinski definition) is 3. The number of halogens is 2. The van der Waals surface area contributed by atoms with E-state index in [1.165, 1.54) is 6.07 Å². The molecule has 1 aromatic carbocycles. The van der Waals surface area contributed by atoms with Crippen molar-refractivity contribution in [1.29, 1.82) is 0 Å². The second kappa shape index (κ2) is 4.10. The summed E-state index contributed by atoms with van der Waals surface area (Å²) >= 11 is 3.23. The molecule has 0 radical (unpaired) electrons. The topological polar surface area (TPSA) is 78.1 Å². The van der Waals surface area contributed by atoms with Gasteiger partial charge in [-0.25, -0.2) is 4.39 Å². The first-order chi connectivity index (χ1) is 6.86. The molecule has 0 atom stereocenters. The number of anilines is 1. The third-order valence-corrected chi connectivity index (χ3v) is 3.03. The highest BCUT2D eigenvalue weighted by molar-refractivity contribution is 9.10. The van der Waals surface area contributed by atoms with Gasteiger partial charge in [0.1, 0.15) is 5.82 Å². The Bertz CT molecular complexity index is 411. The van der Waals surface area contributed by atoms with Crippen LogP contribution >= 0.6 is 15.9 Å². The van der Waals surface area contributed by atoms with E-state index in [1.807, 2.05) is 0 Å². The Labute approximate surface area is 96.3 Å². The summed E-state index contributed by atoms with van der Waals surface area (Å²) in [6.45, 7) is 3.44. The van der Waals surface area contributed by atoms with E-state index in [4.69, 9.17) is 17.2 Å². The summed E-state index contributed by atoms with van der Waals surface area (Å²) in [6.07, 6.45) is 0. The zero-order valence-corrected chi connectivity index (χ0v) is 10.2. The minimum absolute atomic E-state index is 0.0259. The summed E-state index contributed by atoms with van der Waals surface area (Å²) in [5, 5.41) is 0. The van der Waals surface area contributed by atoms with Crippen LogP contribution in [-0.2, 0) is 0 Å². The van der Waals surface area contributed by atoms with Crippen LogP contribution in [0.1, 0.15) is 18.1 Å². The largest absolute Gasteiger partial charge is 0.401 e. The molecule has 15 heavy (non-hydrogen) atoms. The quantitative estimate of drug-likeness (QED) is 0.686. The molecular formula is C10H13BrFN3. The average Bonchev–Trinajstić information content (AvgIpc) is 2.15. The van der Waals surface area contributed by atoms with Crippen LogP contribution in [0.15, 0.2) is 16.2 Å². The lowest BCUT2D eigenvalue weighted by atomic mass is 10.0. The van der Waals surface area contributed by atoms with Crippen LogP contribution in [0.5, 0.6) is 0 Å². The third kappa shape index (κ3) is 2.07. The highest BCUT2D eigenvalue weighted by atomic mass is 79.9. The van der Waals surface area contributed by atoms with E-state index in [0.717, 1.165) is 5.56 Å². The number of rotatable bonds is 1. The molecule has 0 amide bonds. The van der Waals surface area contributed by atoms with Gasteiger partial charge in [-0.05, 0) is 25.5 Å². The maximum absolute atomic E-state index is 13.4. The molecule has 0 spiro atoms. The van der Waals surface area contributed by atoms with E-state index in [1.54, 1.807) is 13.8 Å². The van der Waals surface area contributed by atoms with Crippen molar-refractivity contribution < 1.29 is 4.39 Å². The van der Waals surface area contributed by atoms with Crippen molar-refractivity contribution in [2.75, 3.05) is 5.73 Å². The first kappa shape index (κ1) is 11.8. The van der Waals surface area contributed by atoms with E-state index in [0.29, 0.717) is 21.4 Å². The van der Waals surface area contributed by atoms with Crippen molar-refractivity contribution in [3.63, 3.8) is 0 Å². The molecule has 0 aliphatic carbocycles. The molecular weight excluding hydrogens is 261 g/mol. The van der Waals surface area contributed by atoms with Crippen molar-refractivity contribution in [3.05, 3.63) is 33.2 Å². The van der Waals surface area contributed by atoms with Gasteiger partial charge in [0.2, 0.25) is 0 Å². The van der Waals surface area contributed by atoms with Crippen molar-refractivity contribution in [1.82, 2.24) is 0 Å². The minimum Gasteiger partial charge on any atom is -0.401 e. The molecule has 0 aliphatic rings. The molecule has 0 aromatic heterocycles. The van der Waals surface area contributed by atoms with Crippen molar-refractivity contribution >= 4 is 27.3 Å². The van der Waals surface area contributed by atoms with E-state index in [-0.39, 0.29) is 5.69 Å². The molecule has 0 fully saturated rings. The zero-order valence-electron chi connectivity index (χ0n) is 8.57. The fraction of sp³-hybridized carbons (Fsp3) is 0.200. The van der Waals surface area contributed by atoms with Crippen LogP contribution in [0.2, 0.25) is 0 Å². The Morgan fingerprint density at radius 3 is 2.40 bits per heavy atom. The van der Waals surface area contributed by atoms with Gasteiger partial charge in [-0.2, -0.15) is 0 Å². The standard InChI is InChI=1S/C10H13BrFN3/c1-4-6(11)3-7(12)10(15)8(4)9(14)5(2)13/h3H,13-15H2,1-2H3/b9-5-. The van der Waals surface area contributed by atoms with Gasteiger partial charge in [0.25, 0.3) is 0 Å². The molecule has 0 unspecified atom stereocenters. The summed E-state index contributed by atoms with van der Waals surface area (Å²) in [7, 11) is 0. The first-order valence-electron chi connectivity index (χ1n) is 4.32. The second-order valence-electron chi connectivity index (χ2n) is 3.35. The van der Waals surface area contributed by atoms with Gasteiger partial charge in [-0.15, -0.1) is 0 Å². The van der Waals surface area contributed by atoms with Gasteiger partial charge in [0.05, 0.1) is 11.4 Å². The van der Waals surface area contributed by atoms with Crippen molar-refractivity contribution in [3.8, 4) is 0 Å². The Kier molecular flexibility index (Phi) is 3.24. The molecule has 5 heteroatoms. The van der Waals surface area contributed by atoms with Crippen molar-refractivity contribution in [2.24, 2.45) is 11.5 Å². The fourth-order valence-corrected chi connectivity index (χ4v) is 1.68. The molecule has 0 saturated carbocycles. The van der Waals surface area contributed by atoms with Crippen LogP contribution < -0.4 is 17.2 Å². The maximum atomic E-state index is 13.4. The maximum Gasteiger partial charge on any atom is 0.147 e. The number of hydrogen-bond donors (Lipinski definition) is 3. The highest BCUT2D eigenvalue weighted by Crippen LogP contribution is 2.31. The molecule has 0 bridgehead atoms. The molecule has 6 N–H and O–H groups in total. The number of benzene rings is 1. The van der Waals surface area contributed by atoms with Gasteiger partial charge < -0.3 is 17.2 Å². The van der Waals surface area contributed by atoms with E-state index >= 15 is 0 Å². The van der Waals surface area contributed by atoms with Gasteiger partial charge >= 0.3 is 0 Å². The highest BCUT2D eigenvalue weighted by Gasteiger charge is 2.14. The molecule has 82 valence electrons. The molecule has 3 nitrogen and oxygen atoms in total. The number of nitrogens with two attached hydrogens (primary N) is 3. The lowest BCUT2D eigenvalue weighted by Gasteiger charge is -2.13. The summed E-state index contributed by atoms with van der Waals surface area (Å²) in [4.78, 5) is 0. The Morgan fingerprint density at radius 1 is 1.40 bits per heavy atom. The fourth-order valence-electron chi connectivity index (χ4n) is 1.28. The van der Waals surface area contributed by atoms with Crippen LogP contribution in [-0.4, -0.2) is 0 Å².